The van der Waals surface area contributed by atoms with E-state index in [1.165, 1.54) is 11.3 Å². The zero-order valence-corrected chi connectivity index (χ0v) is 9.70. The van der Waals surface area contributed by atoms with E-state index in [1.807, 2.05) is 17.5 Å². The van der Waals surface area contributed by atoms with Crippen molar-refractivity contribution in [3.05, 3.63) is 34.1 Å². The third-order valence-electron chi connectivity index (χ3n) is 2.06. The monoisotopic (exact) mass is 239 g/mol. The van der Waals surface area contributed by atoms with Crippen LogP contribution in [-0.2, 0) is 6.54 Å². The molecule has 5 nitrogen and oxygen atoms in total. The Morgan fingerprint density at radius 3 is 3.12 bits per heavy atom. The third kappa shape index (κ3) is 2.88. The van der Waals surface area contributed by atoms with Gasteiger partial charge < -0.3 is 14.9 Å². The van der Waals surface area contributed by atoms with Gasteiger partial charge in [0.15, 0.2) is 5.82 Å². The summed E-state index contributed by atoms with van der Waals surface area (Å²) in [4.78, 5) is 5.00. The first-order chi connectivity index (χ1) is 7.75. The van der Waals surface area contributed by atoms with E-state index in [0.29, 0.717) is 24.8 Å². The van der Waals surface area contributed by atoms with Crippen molar-refractivity contribution < 1.29 is 9.63 Å². The summed E-state index contributed by atoms with van der Waals surface area (Å²) >= 11 is 1.54. The molecular weight excluding hydrogens is 226 g/mol. The van der Waals surface area contributed by atoms with Crippen LogP contribution >= 0.6 is 11.3 Å². The van der Waals surface area contributed by atoms with Crippen molar-refractivity contribution >= 4 is 11.3 Å². The Morgan fingerprint density at radius 2 is 2.50 bits per heavy atom. The Hall–Kier alpha value is -1.24. The normalized spacial score (nSPS) is 12.9. The molecule has 2 aromatic rings. The second-order valence-electron chi connectivity index (χ2n) is 3.40. The number of aromatic nitrogens is 2. The first-order valence-corrected chi connectivity index (χ1v) is 5.85. The van der Waals surface area contributed by atoms with Crippen molar-refractivity contribution in [2.45, 2.75) is 19.6 Å². The number of nitrogens with zero attached hydrogens (tertiary/aromatic N) is 2. The lowest BCUT2D eigenvalue weighted by atomic mass is 10.3. The fraction of sp³-hybridized carbons (Fsp3) is 0.400. The van der Waals surface area contributed by atoms with Gasteiger partial charge in [0.2, 0.25) is 5.89 Å². The molecule has 2 N–H and O–H groups in total. The van der Waals surface area contributed by atoms with E-state index >= 15 is 0 Å². The lowest BCUT2D eigenvalue weighted by molar-refractivity contribution is 0.176. The van der Waals surface area contributed by atoms with Crippen molar-refractivity contribution in [1.29, 1.82) is 0 Å². The van der Waals surface area contributed by atoms with Gasteiger partial charge in [0.1, 0.15) is 6.10 Å². The molecular formula is C10H13N3O2S. The van der Waals surface area contributed by atoms with Gasteiger partial charge in [0.25, 0.3) is 0 Å². The SMILES string of the molecule is Cc1noc(CNCC(O)c2cccs2)n1. The van der Waals surface area contributed by atoms with Crippen molar-refractivity contribution in [2.75, 3.05) is 6.54 Å². The summed E-state index contributed by atoms with van der Waals surface area (Å²) in [6.45, 7) is 2.72. The molecule has 0 aliphatic rings. The average Bonchev–Trinajstić information content (AvgIpc) is 2.89. The van der Waals surface area contributed by atoms with Crippen molar-refractivity contribution in [2.24, 2.45) is 0 Å². The van der Waals surface area contributed by atoms with Crippen LogP contribution in [0, 0.1) is 6.92 Å². The smallest absolute Gasteiger partial charge is 0.240 e. The minimum atomic E-state index is -0.482. The van der Waals surface area contributed by atoms with Gasteiger partial charge in [-0.15, -0.1) is 11.3 Å². The van der Waals surface area contributed by atoms with E-state index < -0.39 is 6.10 Å². The molecule has 16 heavy (non-hydrogen) atoms. The largest absolute Gasteiger partial charge is 0.386 e. The molecule has 0 saturated carbocycles. The standard InChI is InChI=1S/C10H13N3O2S/c1-7-12-10(15-13-7)6-11-5-8(14)9-3-2-4-16-9/h2-4,8,11,14H,5-6H2,1H3. The molecule has 0 bridgehead atoms. The van der Waals surface area contributed by atoms with E-state index in [-0.39, 0.29) is 0 Å². The number of aliphatic hydroxyl groups excluding tert-OH is 1. The van der Waals surface area contributed by atoms with E-state index in [1.54, 1.807) is 6.92 Å². The van der Waals surface area contributed by atoms with Crippen LogP contribution < -0.4 is 5.32 Å². The topological polar surface area (TPSA) is 71.2 Å². The summed E-state index contributed by atoms with van der Waals surface area (Å²) in [5.74, 6) is 1.16. The highest BCUT2D eigenvalue weighted by Gasteiger charge is 2.08. The van der Waals surface area contributed by atoms with E-state index in [4.69, 9.17) is 4.52 Å². The number of nitrogens with one attached hydrogen (secondary N) is 1. The van der Waals surface area contributed by atoms with Crippen LogP contribution in [0.4, 0.5) is 0 Å². The second-order valence-corrected chi connectivity index (χ2v) is 4.38. The van der Waals surface area contributed by atoms with Gasteiger partial charge in [-0.25, -0.2) is 0 Å². The molecule has 0 aliphatic carbocycles. The highest BCUT2D eigenvalue weighted by molar-refractivity contribution is 7.10. The highest BCUT2D eigenvalue weighted by atomic mass is 32.1. The highest BCUT2D eigenvalue weighted by Crippen LogP contribution is 2.17. The van der Waals surface area contributed by atoms with Gasteiger partial charge in [0.05, 0.1) is 6.54 Å². The van der Waals surface area contributed by atoms with Crippen molar-refractivity contribution in [3.8, 4) is 0 Å². The first-order valence-electron chi connectivity index (χ1n) is 4.97. The summed E-state index contributed by atoms with van der Waals surface area (Å²) in [5, 5.41) is 18.5. The van der Waals surface area contributed by atoms with Gasteiger partial charge in [-0.2, -0.15) is 4.98 Å². The van der Waals surface area contributed by atoms with Crippen LogP contribution in [0.5, 0.6) is 0 Å². The van der Waals surface area contributed by atoms with Crippen LogP contribution in [0.15, 0.2) is 22.0 Å². The number of hydrogen-bond donors (Lipinski definition) is 2. The Kier molecular flexibility index (Phi) is 3.66. The Labute approximate surface area is 97.1 Å². The Bertz CT molecular complexity index is 427. The van der Waals surface area contributed by atoms with Crippen LogP contribution in [0.3, 0.4) is 0 Å². The average molecular weight is 239 g/mol. The van der Waals surface area contributed by atoms with Crippen LogP contribution in [0.25, 0.3) is 0 Å². The Balaban J connectivity index is 1.76. The second kappa shape index (κ2) is 5.20. The number of rotatable bonds is 5. The molecule has 86 valence electrons. The maximum atomic E-state index is 9.77. The molecule has 2 rings (SSSR count). The van der Waals surface area contributed by atoms with E-state index in [2.05, 4.69) is 15.5 Å². The lowest BCUT2D eigenvalue weighted by Crippen LogP contribution is -2.20. The molecule has 0 fully saturated rings. The predicted molar refractivity (Wildman–Crippen MR) is 60.0 cm³/mol. The van der Waals surface area contributed by atoms with Gasteiger partial charge in [-0.3, -0.25) is 0 Å². The molecule has 0 amide bonds. The molecule has 0 aromatic carbocycles. The maximum Gasteiger partial charge on any atom is 0.240 e. The van der Waals surface area contributed by atoms with Crippen molar-refractivity contribution in [1.82, 2.24) is 15.5 Å². The summed E-state index contributed by atoms with van der Waals surface area (Å²) in [6.07, 6.45) is -0.482. The third-order valence-corrected chi connectivity index (χ3v) is 3.03. The molecule has 0 spiro atoms. The number of aliphatic hydroxyl groups is 1. The molecule has 0 aliphatic heterocycles. The number of aryl methyl sites for hydroxylation is 1. The molecule has 6 heteroatoms. The van der Waals surface area contributed by atoms with Crippen LogP contribution in [-0.4, -0.2) is 21.8 Å². The van der Waals surface area contributed by atoms with Crippen LogP contribution in [0.2, 0.25) is 0 Å². The van der Waals surface area contributed by atoms with E-state index in [0.717, 1.165) is 4.88 Å². The van der Waals surface area contributed by atoms with Crippen LogP contribution in [0.1, 0.15) is 22.7 Å². The molecule has 0 saturated heterocycles. The van der Waals surface area contributed by atoms with Gasteiger partial charge in [0, 0.05) is 11.4 Å². The van der Waals surface area contributed by atoms with Gasteiger partial charge >= 0.3 is 0 Å². The summed E-state index contributed by atoms with van der Waals surface area (Å²) in [6, 6.07) is 3.83. The van der Waals surface area contributed by atoms with Gasteiger partial charge in [-0.05, 0) is 18.4 Å². The number of thiophene rings is 1. The van der Waals surface area contributed by atoms with Crippen molar-refractivity contribution in [3.63, 3.8) is 0 Å². The molecule has 0 radical (unpaired) electrons. The van der Waals surface area contributed by atoms with E-state index in [9.17, 15) is 5.11 Å². The zero-order valence-electron chi connectivity index (χ0n) is 8.88. The number of hydrogen-bond acceptors (Lipinski definition) is 6. The summed E-state index contributed by atoms with van der Waals surface area (Å²) in [5.41, 5.74) is 0. The van der Waals surface area contributed by atoms with Gasteiger partial charge in [-0.1, -0.05) is 11.2 Å². The zero-order chi connectivity index (χ0) is 11.4. The summed E-state index contributed by atoms with van der Waals surface area (Å²) < 4.78 is 4.93. The molecule has 2 heterocycles. The molecule has 1 atom stereocenters. The fourth-order valence-electron chi connectivity index (χ4n) is 1.31. The first kappa shape index (κ1) is 11.3. The Morgan fingerprint density at radius 1 is 1.62 bits per heavy atom. The predicted octanol–water partition coefficient (Wildman–Crippen LogP) is 1.26. The molecule has 1 unspecified atom stereocenters. The lowest BCUT2D eigenvalue weighted by Gasteiger charge is -2.08. The fourth-order valence-corrected chi connectivity index (χ4v) is 2.02. The summed E-state index contributed by atoms with van der Waals surface area (Å²) in [7, 11) is 0. The minimum Gasteiger partial charge on any atom is -0.386 e. The minimum absolute atomic E-state index is 0.474. The quantitative estimate of drug-likeness (QED) is 0.822. The molecule has 2 aromatic heterocycles. The maximum absolute atomic E-state index is 9.77.